The van der Waals surface area contributed by atoms with Crippen molar-refractivity contribution < 1.29 is 9.84 Å². The molecule has 18 heavy (non-hydrogen) atoms. The highest BCUT2D eigenvalue weighted by Crippen LogP contribution is 2.28. The fourth-order valence-electron chi connectivity index (χ4n) is 1.72. The van der Waals surface area contributed by atoms with E-state index in [9.17, 15) is 5.11 Å². The Morgan fingerprint density at radius 1 is 1.56 bits per heavy atom. The molecule has 0 aliphatic carbocycles. The van der Waals surface area contributed by atoms with Crippen molar-refractivity contribution in [3.8, 4) is 5.75 Å². The highest BCUT2D eigenvalue weighted by Gasteiger charge is 2.15. The summed E-state index contributed by atoms with van der Waals surface area (Å²) < 4.78 is 6.08. The Labute approximate surface area is 113 Å². The first-order valence-electron chi connectivity index (χ1n) is 5.41. The van der Waals surface area contributed by atoms with Crippen molar-refractivity contribution >= 4 is 21.7 Å². The molecule has 2 rings (SSSR count). The fraction of sp³-hybridized carbons (Fsp3) is 0.250. The molecule has 1 unspecified atom stereocenters. The Kier molecular flexibility index (Phi) is 3.88. The summed E-state index contributed by atoms with van der Waals surface area (Å²) in [6.45, 7) is 0. The van der Waals surface area contributed by atoms with Crippen LogP contribution < -0.4 is 10.5 Å². The number of aromatic nitrogens is 2. The van der Waals surface area contributed by atoms with Crippen LogP contribution >= 0.6 is 15.9 Å². The third-order valence-electron chi connectivity index (χ3n) is 2.72. The van der Waals surface area contributed by atoms with Gasteiger partial charge in [0.05, 0.1) is 19.4 Å². The predicted molar refractivity (Wildman–Crippen MR) is 72.4 cm³/mol. The minimum atomic E-state index is -0.702. The molecule has 0 saturated heterocycles. The maximum atomic E-state index is 10.1. The molecule has 96 valence electrons. The van der Waals surface area contributed by atoms with E-state index in [1.807, 2.05) is 18.2 Å². The van der Waals surface area contributed by atoms with Gasteiger partial charge >= 0.3 is 0 Å². The smallest absolute Gasteiger partial charge is 0.124 e. The number of hydrogen-bond acceptors (Lipinski definition) is 4. The molecule has 0 radical (unpaired) electrons. The summed E-state index contributed by atoms with van der Waals surface area (Å²) in [4.78, 5) is 0. The van der Waals surface area contributed by atoms with Crippen LogP contribution in [-0.2, 0) is 6.42 Å². The second-order valence-electron chi connectivity index (χ2n) is 3.92. The topological polar surface area (TPSA) is 84.2 Å². The van der Waals surface area contributed by atoms with Crippen LogP contribution in [0, 0.1) is 0 Å². The van der Waals surface area contributed by atoms with Gasteiger partial charge in [-0.2, -0.15) is 5.10 Å². The van der Waals surface area contributed by atoms with Crippen molar-refractivity contribution in [2.75, 3.05) is 12.8 Å². The summed E-state index contributed by atoms with van der Waals surface area (Å²) in [5, 5.41) is 16.5. The number of anilines is 1. The summed E-state index contributed by atoms with van der Waals surface area (Å²) in [5.41, 5.74) is 7.22. The van der Waals surface area contributed by atoms with Gasteiger partial charge < -0.3 is 15.6 Å². The molecule has 1 aromatic heterocycles. The van der Waals surface area contributed by atoms with Gasteiger partial charge in [0, 0.05) is 16.5 Å². The lowest BCUT2D eigenvalue weighted by molar-refractivity contribution is 0.179. The van der Waals surface area contributed by atoms with Crippen LogP contribution in [0.15, 0.2) is 28.9 Å². The quantitative estimate of drug-likeness (QED) is 0.806. The van der Waals surface area contributed by atoms with E-state index in [2.05, 4.69) is 26.1 Å². The van der Waals surface area contributed by atoms with E-state index in [-0.39, 0.29) is 0 Å². The van der Waals surface area contributed by atoms with Crippen LogP contribution in [0.5, 0.6) is 5.75 Å². The van der Waals surface area contributed by atoms with Crippen molar-refractivity contribution in [2.24, 2.45) is 0 Å². The number of aliphatic hydroxyl groups is 1. The number of nitrogens with two attached hydrogens (primary N) is 1. The number of nitrogen functional groups attached to an aromatic ring is 1. The fourth-order valence-corrected chi connectivity index (χ4v) is 2.13. The molecule has 0 amide bonds. The molecule has 0 saturated carbocycles. The molecule has 0 bridgehead atoms. The molecule has 4 N–H and O–H groups in total. The first kappa shape index (κ1) is 12.9. The van der Waals surface area contributed by atoms with Gasteiger partial charge in [0.25, 0.3) is 0 Å². The van der Waals surface area contributed by atoms with Crippen LogP contribution in [0.1, 0.15) is 17.2 Å². The van der Waals surface area contributed by atoms with Gasteiger partial charge in [0.1, 0.15) is 11.6 Å². The number of halogens is 1. The molecule has 1 heterocycles. The summed E-state index contributed by atoms with van der Waals surface area (Å²) in [5.74, 6) is 1.14. The number of ether oxygens (including phenoxy) is 1. The summed E-state index contributed by atoms with van der Waals surface area (Å²) in [6.07, 6.45) is 1.27. The Bertz CT molecular complexity index is 542. The van der Waals surface area contributed by atoms with Crippen LogP contribution in [0.3, 0.4) is 0 Å². The zero-order chi connectivity index (χ0) is 13.1. The minimum absolute atomic E-state index is 0.390. The highest BCUT2D eigenvalue weighted by atomic mass is 79.9. The molecule has 6 heteroatoms. The number of rotatable bonds is 4. The standard InChI is InChI=1S/C12H14BrN3O2/c1-18-8-2-3-10(13)7(4-8)5-11(17)9-6-15-16-12(9)14/h2-4,6,11,17H,5H2,1H3,(H3,14,15,16). The third kappa shape index (κ3) is 2.65. The minimum Gasteiger partial charge on any atom is -0.497 e. The molecule has 1 atom stereocenters. The van der Waals surface area contributed by atoms with Gasteiger partial charge in [-0.05, 0) is 23.8 Å². The van der Waals surface area contributed by atoms with E-state index < -0.39 is 6.10 Å². The molecular formula is C12H14BrN3O2. The monoisotopic (exact) mass is 311 g/mol. The second-order valence-corrected chi connectivity index (χ2v) is 4.77. The number of benzene rings is 1. The van der Waals surface area contributed by atoms with Crippen molar-refractivity contribution in [3.05, 3.63) is 40.0 Å². The van der Waals surface area contributed by atoms with E-state index in [1.54, 1.807) is 7.11 Å². The third-order valence-corrected chi connectivity index (χ3v) is 3.50. The molecule has 5 nitrogen and oxygen atoms in total. The first-order valence-corrected chi connectivity index (χ1v) is 6.20. The molecule has 0 aliphatic heterocycles. The number of methoxy groups -OCH3 is 1. The van der Waals surface area contributed by atoms with Crippen molar-refractivity contribution in [1.82, 2.24) is 10.2 Å². The van der Waals surface area contributed by atoms with Crippen LogP contribution in [0.2, 0.25) is 0 Å². The number of nitrogens with zero attached hydrogens (tertiary/aromatic N) is 1. The highest BCUT2D eigenvalue weighted by molar-refractivity contribution is 9.10. The van der Waals surface area contributed by atoms with Gasteiger partial charge in [0.15, 0.2) is 0 Å². The molecule has 0 fully saturated rings. The first-order chi connectivity index (χ1) is 8.61. The molecule has 0 spiro atoms. The average Bonchev–Trinajstić information content (AvgIpc) is 2.78. The van der Waals surface area contributed by atoms with Crippen molar-refractivity contribution in [1.29, 1.82) is 0 Å². The number of aliphatic hydroxyl groups excluding tert-OH is 1. The Hall–Kier alpha value is -1.53. The summed E-state index contributed by atoms with van der Waals surface area (Å²) in [6, 6.07) is 5.62. The van der Waals surface area contributed by atoms with Gasteiger partial charge in [0.2, 0.25) is 0 Å². The zero-order valence-corrected chi connectivity index (χ0v) is 11.4. The number of nitrogens with one attached hydrogen (secondary N) is 1. The Morgan fingerprint density at radius 2 is 2.33 bits per heavy atom. The maximum Gasteiger partial charge on any atom is 0.124 e. The number of aromatic amines is 1. The normalized spacial score (nSPS) is 12.4. The van der Waals surface area contributed by atoms with Gasteiger partial charge in [-0.3, -0.25) is 5.10 Å². The number of H-pyrrole nitrogens is 1. The Morgan fingerprint density at radius 3 is 2.94 bits per heavy atom. The van der Waals surface area contributed by atoms with E-state index in [1.165, 1.54) is 6.20 Å². The average molecular weight is 312 g/mol. The molecular weight excluding hydrogens is 298 g/mol. The van der Waals surface area contributed by atoms with Gasteiger partial charge in [-0.1, -0.05) is 15.9 Å². The second kappa shape index (κ2) is 5.41. The molecule has 2 aromatic rings. The largest absolute Gasteiger partial charge is 0.497 e. The zero-order valence-electron chi connectivity index (χ0n) is 9.85. The van der Waals surface area contributed by atoms with E-state index in [0.717, 1.165) is 15.8 Å². The van der Waals surface area contributed by atoms with Crippen molar-refractivity contribution in [2.45, 2.75) is 12.5 Å². The SMILES string of the molecule is COc1ccc(Br)c(CC(O)c2cn[nH]c2N)c1. The van der Waals surface area contributed by atoms with Gasteiger partial charge in [-0.15, -0.1) is 0 Å². The summed E-state index contributed by atoms with van der Waals surface area (Å²) in [7, 11) is 1.61. The van der Waals surface area contributed by atoms with E-state index >= 15 is 0 Å². The molecule has 0 aliphatic rings. The molecule has 1 aromatic carbocycles. The van der Waals surface area contributed by atoms with Crippen LogP contribution in [-0.4, -0.2) is 22.4 Å². The number of hydrogen-bond donors (Lipinski definition) is 3. The van der Waals surface area contributed by atoms with Crippen LogP contribution in [0.4, 0.5) is 5.82 Å². The lowest BCUT2D eigenvalue weighted by Crippen LogP contribution is -2.04. The predicted octanol–water partition coefficient (Wildman–Crippen LogP) is 2.04. The van der Waals surface area contributed by atoms with Crippen molar-refractivity contribution in [3.63, 3.8) is 0 Å². The van der Waals surface area contributed by atoms with Gasteiger partial charge in [-0.25, -0.2) is 0 Å². The lowest BCUT2D eigenvalue weighted by atomic mass is 10.0. The summed E-state index contributed by atoms with van der Waals surface area (Å²) >= 11 is 3.45. The Balaban J connectivity index is 2.21. The maximum absolute atomic E-state index is 10.1. The van der Waals surface area contributed by atoms with Crippen LogP contribution in [0.25, 0.3) is 0 Å². The lowest BCUT2D eigenvalue weighted by Gasteiger charge is -2.12. The van der Waals surface area contributed by atoms with E-state index in [0.29, 0.717) is 17.8 Å². The van der Waals surface area contributed by atoms with E-state index in [4.69, 9.17) is 10.5 Å².